The van der Waals surface area contributed by atoms with Gasteiger partial charge in [0.25, 0.3) is 0 Å². The monoisotopic (exact) mass is 386 g/mol. The molecule has 0 radical (unpaired) electrons. The maximum atomic E-state index is 11.6. The van der Waals surface area contributed by atoms with Gasteiger partial charge in [-0.15, -0.1) is 0 Å². The molecule has 0 aliphatic carbocycles. The molecule has 0 bridgehead atoms. The second-order valence-electron chi connectivity index (χ2n) is 6.87. The van der Waals surface area contributed by atoms with Crippen LogP contribution in [0.4, 0.5) is 0 Å². The van der Waals surface area contributed by atoms with E-state index in [-0.39, 0.29) is 6.10 Å². The Morgan fingerprint density at radius 3 is 2.86 bits per heavy atom. The molecule has 1 aliphatic rings. The van der Waals surface area contributed by atoms with Crippen LogP contribution in [0.5, 0.6) is 11.5 Å². The summed E-state index contributed by atoms with van der Waals surface area (Å²) in [6.45, 7) is 2.22. The highest BCUT2D eigenvalue weighted by molar-refractivity contribution is 5.71. The lowest BCUT2D eigenvalue weighted by Crippen LogP contribution is -2.46. The molecule has 2 heterocycles. The minimum absolute atomic E-state index is 0.245. The summed E-state index contributed by atoms with van der Waals surface area (Å²) in [4.78, 5) is 17.8. The van der Waals surface area contributed by atoms with Gasteiger partial charge in [0.2, 0.25) is 0 Å². The van der Waals surface area contributed by atoms with Gasteiger partial charge in [0.15, 0.2) is 0 Å². The normalized spacial score (nSPS) is 19.9. The average Bonchev–Trinajstić information content (AvgIpc) is 2.73. The van der Waals surface area contributed by atoms with Crippen molar-refractivity contribution in [1.29, 1.82) is 0 Å². The van der Waals surface area contributed by atoms with Crippen LogP contribution in [0.3, 0.4) is 0 Å². The number of aromatic nitrogens is 1. The van der Waals surface area contributed by atoms with Crippen molar-refractivity contribution in [1.82, 2.24) is 9.88 Å². The summed E-state index contributed by atoms with van der Waals surface area (Å²) in [6.07, 6.45) is 3.94. The molecule has 0 spiro atoms. The molecule has 7 heteroatoms. The summed E-state index contributed by atoms with van der Waals surface area (Å²) >= 11 is 0. The number of benzene rings is 1. The quantitative estimate of drug-likeness (QED) is 0.747. The van der Waals surface area contributed by atoms with Crippen molar-refractivity contribution < 1.29 is 24.1 Å². The number of methoxy groups -OCH3 is 2. The van der Waals surface area contributed by atoms with Crippen LogP contribution in [0.25, 0.3) is 0 Å². The van der Waals surface area contributed by atoms with Crippen molar-refractivity contribution in [2.45, 2.75) is 25.7 Å². The lowest BCUT2D eigenvalue weighted by Gasteiger charge is -2.35. The van der Waals surface area contributed by atoms with Gasteiger partial charge in [0, 0.05) is 56.3 Å². The van der Waals surface area contributed by atoms with Gasteiger partial charge in [-0.25, -0.2) is 0 Å². The zero-order valence-electron chi connectivity index (χ0n) is 16.2. The van der Waals surface area contributed by atoms with E-state index in [1.807, 2.05) is 30.3 Å². The van der Waals surface area contributed by atoms with Crippen molar-refractivity contribution in [3.63, 3.8) is 0 Å². The summed E-state index contributed by atoms with van der Waals surface area (Å²) in [5.41, 5.74) is 1.97. The number of likely N-dealkylation sites (tertiary alicyclic amines) is 1. The molecular formula is C21H26N2O5. The lowest BCUT2D eigenvalue weighted by molar-refractivity contribution is -0.150. The van der Waals surface area contributed by atoms with Crippen LogP contribution in [0, 0.1) is 5.92 Å². The second kappa shape index (κ2) is 9.52. The van der Waals surface area contributed by atoms with E-state index in [1.165, 1.54) is 0 Å². The molecule has 150 valence electrons. The predicted molar refractivity (Wildman–Crippen MR) is 103 cm³/mol. The third-order valence-corrected chi connectivity index (χ3v) is 5.04. The summed E-state index contributed by atoms with van der Waals surface area (Å²) in [6, 6.07) is 9.55. The SMILES string of the molecule is COc1ccc(CN2CCC(OC)C(C(=O)O)C2)c(OCc2cccnc2)c1. The number of nitrogens with zero attached hydrogens (tertiary/aromatic N) is 2. The van der Waals surface area contributed by atoms with Crippen molar-refractivity contribution in [3.8, 4) is 11.5 Å². The summed E-state index contributed by atoms with van der Waals surface area (Å²) in [5, 5.41) is 9.50. The minimum Gasteiger partial charge on any atom is -0.497 e. The van der Waals surface area contributed by atoms with Crippen LogP contribution in [-0.2, 0) is 22.7 Å². The smallest absolute Gasteiger partial charge is 0.310 e. The molecule has 0 amide bonds. The van der Waals surface area contributed by atoms with E-state index in [0.717, 1.165) is 23.4 Å². The van der Waals surface area contributed by atoms with Crippen LogP contribution in [-0.4, -0.2) is 54.4 Å². The van der Waals surface area contributed by atoms with E-state index in [2.05, 4.69) is 9.88 Å². The first-order chi connectivity index (χ1) is 13.6. The fraction of sp³-hybridized carbons (Fsp3) is 0.429. The largest absolute Gasteiger partial charge is 0.497 e. The van der Waals surface area contributed by atoms with E-state index in [4.69, 9.17) is 14.2 Å². The van der Waals surface area contributed by atoms with Crippen LogP contribution >= 0.6 is 0 Å². The number of carboxylic acids is 1. The highest BCUT2D eigenvalue weighted by Gasteiger charge is 2.34. The highest BCUT2D eigenvalue weighted by Crippen LogP contribution is 2.29. The Labute approximate surface area is 164 Å². The van der Waals surface area contributed by atoms with Crippen LogP contribution in [0.15, 0.2) is 42.7 Å². The van der Waals surface area contributed by atoms with Crippen molar-refractivity contribution in [2.75, 3.05) is 27.3 Å². The number of rotatable bonds is 8. The molecule has 1 aromatic carbocycles. The molecule has 1 aliphatic heterocycles. The van der Waals surface area contributed by atoms with Gasteiger partial charge in [-0.1, -0.05) is 12.1 Å². The predicted octanol–water partition coefficient (Wildman–Crippen LogP) is 2.59. The Bertz CT molecular complexity index is 784. The topological polar surface area (TPSA) is 81.1 Å². The number of carbonyl (C=O) groups is 1. The molecule has 2 atom stereocenters. The summed E-state index contributed by atoms with van der Waals surface area (Å²) in [5.74, 6) is 0.0893. The van der Waals surface area contributed by atoms with Crippen molar-refractivity contribution in [3.05, 3.63) is 53.9 Å². The fourth-order valence-electron chi connectivity index (χ4n) is 3.47. The number of ether oxygens (including phenoxy) is 3. The first-order valence-electron chi connectivity index (χ1n) is 9.27. The number of hydrogen-bond donors (Lipinski definition) is 1. The third kappa shape index (κ3) is 4.99. The Morgan fingerprint density at radius 1 is 1.32 bits per heavy atom. The molecule has 28 heavy (non-hydrogen) atoms. The lowest BCUT2D eigenvalue weighted by atomic mass is 9.94. The van der Waals surface area contributed by atoms with Gasteiger partial charge in [-0.2, -0.15) is 0 Å². The molecule has 1 fully saturated rings. The number of aliphatic carboxylic acids is 1. The zero-order chi connectivity index (χ0) is 19.9. The molecule has 0 saturated carbocycles. The number of hydrogen-bond acceptors (Lipinski definition) is 6. The first kappa shape index (κ1) is 20.1. The maximum absolute atomic E-state index is 11.6. The molecule has 1 saturated heterocycles. The van der Waals surface area contributed by atoms with Gasteiger partial charge in [-0.3, -0.25) is 14.7 Å². The molecule has 2 unspecified atom stereocenters. The van der Waals surface area contributed by atoms with E-state index >= 15 is 0 Å². The molecule has 3 rings (SSSR count). The minimum atomic E-state index is -0.820. The molecule has 7 nitrogen and oxygen atoms in total. The summed E-state index contributed by atoms with van der Waals surface area (Å²) in [7, 11) is 3.19. The number of carboxylic acid groups (broad SMARTS) is 1. The van der Waals surface area contributed by atoms with Gasteiger partial charge in [-0.05, 0) is 18.6 Å². The second-order valence-corrected chi connectivity index (χ2v) is 6.87. The Hall–Kier alpha value is -2.64. The molecule has 2 aromatic rings. The van der Waals surface area contributed by atoms with Crippen LogP contribution in [0.2, 0.25) is 0 Å². The van der Waals surface area contributed by atoms with Gasteiger partial charge in [0.1, 0.15) is 18.1 Å². The molecular weight excluding hydrogens is 360 g/mol. The fourth-order valence-corrected chi connectivity index (χ4v) is 3.47. The highest BCUT2D eigenvalue weighted by atomic mass is 16.5. The van der Waals surface area contributed by atoms with Crippen molar-refractivity contribution >= 4 is 5.97 Å². The zero-order valence-corrected chi connectivity index (χ0v) is 16.2. The van der Waals surface area contributed by atoms with Crippen LogP contribution in [0.1, 0.15) is 17.5 Å². The molecule has 1 N–H and O–H groups in total. The van der Waals surface area contributed by atoms with Gasteiger partial charge < -0.3 is 19.3 Å². The van der Waals surface area contributed by atoms with E-state index in [1.54, 1.807) is 26.6 Å². The van der Waals surface area contributed by atoms with E-state index in [0.29, 0.717) is 31.9 Å². The Morgan fingerprint density at radius 2 is 2.18 bits per heavy atom. The Balaban J connectivity index is 1.73. The van der Waals surface area contributed by atoms with Gasteiger partial charge >= 0.3 is 5.97 Å². The third-order valence-electron chi connectivity index (χ3n) is 5.04. The van der Waals surface area contributed by atoms with Crippen molar-refractivity contribution in [2.24, 2.45) is 5.92 Å². The average molecular weight is 386 g/mol. The molecule has 1 aromatic heterocycles. The summed E-state index contributed by atoms with van der Waals surface area (Å²) < 4.78 is 16.7. The van der Waals surface area contributed by atoms with Crippen LogP contribution < -0.4 is 9.47 Å². The Kier molecular flexibility index (Phi) is 6.84. The van der Waals surface area contributed by atoms with Gasteiger partial charge in [0.05, 0.1) is 19.1 Å². The number of pyridine rings is 1. The first-order valence-corrected chi connectivity index (χ1v) is 9.27. The number of piperidine rings is 1. The maximum Gasteiger partial charge on any atom is 0.310 e. The van der Waals surface area contributed by atoms with E-state index < -0.39 is 11.9 Å². The standard InChI is InChI=1S/C21H26N2O5/c1-26-17-6-5-16(20(10-17)28-14-15-4-3-8-22-11-15)12-23-9-7-19(27-2)18(13-23)21(24)25/h3-6,8,10-11,18-19H,7,9,12-14H2,1-2H3,(H,24,25). The van der Waals surface area contributed by atoms with E-state index in [9.17, 15) is 9.90 Å².